The third-order valence-electron chi connectivity index (χ3n) is 4.31. The maximum atomic E-state index is 12.5. The van der Waals surface area contributed by atoms with Gasteiger partial charge in [0.25, 0.3) is 0 Å². The Morgan fingerprint density at radius 2 is 1.89 bits per heavy atom. The van der Waals surface area contributed by atoms with Gasteiger partial charge in [0.2, 0.25) is 5.91 Å². The second-order valence-electron chi connectivity index (χ2n) is 5.96. The van der Waals surface area contributed by atoms with Crippen LogP contribution in [0.4, 0.5) is 0 Å². The van der Waals surface area contributed by atoms with Crippen molar-refractivity contribution in [3.8, 4) is 0 Å². The summed E-state index contributed by atoms with van der Waals surface area (Å²) >= 11 is 0. The van der Waals surface area contributed by atoms with Crippen molar-refractivity contribution in [2.45, 2.75) is 51.0 Å². The van der Waals surface area contributed by atoms with Gasteiger partial charge in [0.1, 0.15) is 0 Å². The molecule has 0 aromatic heterocycles. The molecule has 1 N–H and O–H groups in total. The lowest BCUT2D eigenvalue weighted by atomic mass is 9.90. The molecule has 4 heteroatoms. The fourth-order valence-electron chi connectivity index (χ4n) is 3.15. The number of rotatable bonds is 3. The number of morpholine rings is 1. The van der Waals surface area contributed by atoms with Gasteiger partial charge in [0.05, 0.1) is 12.7 Å². The van der Waals surface area contributed by atoms with Gasteiger partial charge in [-0.2, -0.15) is 0 Å². The second-order valence-corrected chi connectivity index (χ2v) is 5.96. The van der Waals surface area contributed by atoms with Crippen LogP contribution in [0, 0.1) is 5.92 Å². The van der Waals surface area contributed by atoms with Crippen molar-refractivity contribution in [3.63, 3.8) is 0 Å². The van der Waals surface area contributed by atoms with Gasteiger partial charge in [0.15, 0.2) is 0 Å². The van der Waals surface area contributed by atoms with Crippen LogP contribution in [-0.2, 0) is 9.53 Å². The molecule has 1 aliphatic heterocycles. The minimum Gasteiger partial charge on any atom is -0.374 e. The van der Waals surface area contributed by atoms with Crippen LogP contribution in [0.3, 0.4) is 0 Å². The molecule has 4 nitrogen and oxygen atoms in total. The largest absolute Gasteiger partial charge is 0.374 e. The van der Waals surface area contributed by atoms with E-state index in [1.165, 1.54) is 32.1 Å². The molecule has 2 aliphatic rings. The standard InChI is InChI=1S/C15H28N2O2/c1-17(12-14-11-16-9-10-19-14)15(18)13-7-5-3-2-4-6-8-13/h13-14,16H,2-12H2,1H3. The smallest absolute Gasteiger partial charge is 0.225 e. The van der Waals surface area contributed by atoms with E-state index in [9.17, 15) is 4.79 Å². The van der Waals surface area contributed by atoms with Gasteiger partial charge in [-0.1, -0.05) is 32.1 Å². The van der Waals surface area contributed by atoms with Crippen LogP contribution in [0.25, 0.3) is 0 Å². The van der Waals surface area contributed by atoms with E-state index >= 15 is 0 Å². The molecule has 1 heterocycles. The molecule has 0 spiro atoms. The number of hydrogen-bond acceptors (Lipinski definition) is 3. The van der Waals surface area contributed by atoms with E-state index in [0.29, 0.717) is 5.91 Å². The number of likely N-dealkylation sites (N-methyl/N-ethyl adjacent to an activating group) is 1. The number of carbonyl (C=O) groups excluding carboxylic acids is 1. The Balaban J connectivity index is 1.79. The molecule has 0 aromatic rings. The fourth-order valence-corrected chi connectivity index (χ4v) is 3.15. The summed E-state index contributed by atoms with van der Waals surface area (Å²) in [6.07, 6.45) is 8.68. The lowest BCUT2D eigenvalue weighted by molar-refractivity contribution is -0.137. The number of ether oxygens (including phenoxy) is 1. The summed E-state index contributed by atoms with van der Waals surface area (Å²) in [5.74, 6) is 0.581. The maximum absolute atomic E-state index is 12.5. The van der Waals surface area contributed by atoms with Gasteiger partial charge >= 0.3 is 0 Å². The average Bonchev–Trinajstić information content (AvgIpc) is 2.39. The highest BCUT2D eigenvalue weighted by molar-refractivity contribution is 5.78. The third kappa shape index (κ3) is 4.77. The lowest BCUT2D eigenvalue weighted by Crippen LogP contribution is -2.46. The predicted octanol–water partition coefficient (Wildman–Crippen LogP) is 1.79. The lowest BCUT2D eigenvalue weighted by Gasteiger charge is -2.30. The molecule has 1 saturated heterocycles. The van der Waals surface area contributed by atoms with Gasteiger partial charge in [-0.15, -0.1) is 0 Å². The number of nitrogens with one attached hydrogen (secondary N) is 1. The normalized spacial score (nSPS) is 26.5. The molecule has 1 atom stereocenters. The zero-order chi connectivity index (χ0) is 13.5. The average molecular weight is 268 g/mol. The van der Waals surface area contributed by atoms with Crippen molar-refractivity contribution < 1.29 is 9.53 Å². The monoisotopic (exact) mass is 268 g/mol. The summed E-state index contributed by atoms with van der Waals surface area (Å²) in [4.78, 5) is 14.4. The zero-order valence-corrected chi connectivity index (χ0v) is 12.2. The Hall–Kier alpha value is -0.610. The molecule has 1 amide bonds. The first-order valence-corrected chi connectivity index (χ1v) is 7.84. The fraction of sp³-hybridized carbons (Fsp3) is 0.933. The summed E-state index contributed by atoms with van der Waals surface area (Å²) in [6.45, 7) is 3.28. The Morgan fingerprint density at radius 1 is 1.21 bits per heavy atom. The Labute approximate surface area is 116 Å². The van der Waals surface area contributed by atoms with Gasteiger partial charge < -0.3 is 15.0 Å². The maximum Gasteiger partial charge on any atom is 0.225 e. The highest BCUT2D eigenvalue weighted by Gasteiger charge is 2.25. The molecule has 19 heavy (non-hydrogen) atoms. The van der Waals surface area contributed by atoms with Gasteiger partial charge in [-0.05, 0) is 12.8 Å². The number of hydrogen-bond donors (Lipinski definition) is 1. The van der Waals surface area contributed by atoms with Crippen LogP contribution < -0.4 is 5.32 Å². The molecule has 0 radical (unpaired) electrons. The number of carbonyl (C=O) groups is 1. The summed E-state index contributed by atoms with van der Waals surface area (Å²) in [5, 5.41) is 3.31. The zero-order valence-electron chi connectivity index (χ0n) is 12.2. The van der Waals surface area contributed by atoms with E-state index in [0.717, 1.165) is 39.1 Å². The van der Waals surface area contributed by atoms with Crippen LogP contribution >= 0.6 is 0 Å². The second kappa shape index (κ2) is 7.85. The number of nitrogens with zero attached hydrogens (tertiary/aromatic N) is 1. The molecule has 2 rings (SSSR count). The summed E-state index contributed by atoms with van der Waals surface area (Å²) in [7, 11) is 1.93. The molecule has 1 aliphatic carbocycles. The van der Waals surface area contributed by atoms with Crippen LogP contribution in [0.2, 0.25) is 0 Å². The SMILES string of the molecule is CN(CC1CNCCO1)C(=O)C1CCCCCCC1. The highest BCUT2D eigenvalue weighted by Crippen LogP contribution is 2.23. The first kappa shape index (κ1) is 14.8. The van der Waals surface area contributed by atoms with E-state index in [1.54, 1.807) is 0 Å². The summed E-state index contributed by atoms with van der Waals surface area (Å²) in [6, 6.07) is 0. The Morgan fingerprint density at radius 3 is 2.53 bits per heavy atom. The molecule has 1 saturated carbocycles. The van der Waals surface area contributed by atoms with Crippen LogP contribution in [0.15, 0.2) is 0 Å². The summed E-state index contributed by atoms with van der Waals surface area (Å²) in [5.41, 5.74) is 0. The van der Waals surface area contributed by atoms with Crippen LogP contribution in [-0.4, -0.2) is 50.2 Å². The van der Waals surface area contributed by atoms with Gasteiger partial charge in [-0.25, -0.2) is 0 Å². The van der Waals surface area contributed by atoms with Crippen molar-refractivity contribution in [1.29, 1.82) is 0 Å². The van der Waals surface area contributed by atoms with E-state index in [-0.39, 0.29) is 12.0 Å². The predicted molar refractivity (Wildman–Crippen MR) is 76.1 cm³/mol. The molecular weight excluding hydrogens is 240 g/mol. The topological polar surface area (TPSA) is 41.6 Å². The molecule has 2 fully saturated rings. The third-order valence-corrected chi connectivity index (χ3v) is 4.31. The van der Waals surface area contributed by atoms with Gasteiger partial charge in [0, 0.05) is 32.6 Å². The minimum atomic E-state index is 0.163. The molecule has 0 aromatic carbocycles. The van der Waals surface area contributed by atoms with Crippen LogP contribution in [0.5, 0.6) is 0 Å². The first-order valence-electron chi connectivity index (χ1n) is 7.84. The van der Waals surface area contributed by atoms with Crippen molar-refractivity contribution in [2.75, 3.05) is 33.3 Å². The van der Waals surface area contributed by atoms with Crippen LogP contribution in [0.1, 0.15) is 44.9 Å². The van der Waals surface area contributed by atoms with E-state index in [2.05, 4.69) is 5.32 Å². The van der Waals surface area contributed by atoms with E-state index in [1.807, 2.05) is 11.9 Å². The number of amides is 1. The van der Waals surface area contributed by atoms with Crippen molar-refractivity contribution >= 4 is 5.91 Å². The Bertz CT molecular complexity index is 269. The highest BCUT2D eigenvalue weighted by atomic mass is 16.5. The Kier molecular flexibility index (Phi) is 6.11. The van der Waals surface area contributed by atoms with Gasteiger partial charge in [-0.3, -0.25) is 4.79 Å². The van der Waals surface area contributed by atoms with Crippen molar-refractivity contribution in [1.82, 2.24) is 10.2 Å². The van der Waals surface area contributed by atoms with Crippen molar-refractivity contribution in [2.24, 2.45) is 5.92 Å². The molecular formula is C15H28N2O2. The first-order chi connectivity index (χ1) is 9.27. The molecule has 0 bridgehead atoms. The minimum absolute atomic E-state index is 0.163. The summed E-state index contributed by atoms with van der Waals surface area (Å²) < 4.78 is 5.67. The quantitative estimate of drug-likeness (QED) is 0.848. The van der Waals surface area contributed by atoms with E-state index < -0.39 is 0 Å². The van der Waals surface area contributed by atoms with Crippen molar-refractivity contribution in [3.05, 3.63) is 0 Å². The molecule has 110 valence electrons. The van der Waals surface area contributed by atoms with E-state index in [4.69, 9.17) is 4.74 Å². The molecule has 1 unspecified atom stereocenters.